The smallest absolute Gasteiger partial charge is 0.326 e. The summed E-state index contributed by atoms with van der Waals surface area (Å²) in [6.07, 6.45) is 0.378. The molecule has 0 rings (SSSR count). The third-order valence-electron chi connectivity index (χ3n) is 1.24. The summed E-state index contributed by atoms with van der Waals surface area (Å²) in [4.78, 5) is 20.9. The molecule has 0 saturated carbocycles. The van der Waals surface area contributed by atoms with Crippen molar-refractivity contribution < 1.29 is 14.7 Å². The minimum Gasteiger partial charge on any atom is -0.480 e. The molecule has 11 heavy (non-hydrogen) atoms. The maximum absolute atomic E-state index is 10.6. The van der Waals surface area contributed by atoms with Crippen molar-refractivity contribution in [3.8, 4) is 0 Å². The summed E-state index contributed by atoms with van der Waals surface area (Å²) in [5.74, 6) is -1.02. The lowest BCUT2D eigenvalue weighted by molar-refractivity contribution is -0.139. The molecule has 3 N–H and O–H groups in total. The van der Waals surface area contributed by atoms with E-state index in [1.807, 2.05) is 0 Å². The molecule has 0 aromatic rings. The summed E-state index contributed by atoms with van der Waals surface area (Å²) in [7, 11) is 1.43. The number of urea groups is 1. The zero-order valence-corrected chi connectivity index (χ0v) is 6.55. The van der Waals surface area contributed by atoms with Crippen LogP contribution >= 0.6 is 0 Å². The lowest BCUT2D eigenvalue weighted by Gasteiger charge is -2.10. The first-order valence-corrected chi connectivity index (χ1v) is 3.32. The number of amides is 2. The second-order valence-corrected chi connectivity index (χ2v) is 2.02. The quantitative estimate of drug-likeness (QED) is 0.534. The number of carboxylic acids is 1. The summed E-state index contributed by atoms with van der Waals surface area (Å²) >= 11 is 0. The Hall–Kier alpha value is -1.26. The highest BCUT2D eigenvalue weighted by molar-refractivity contribution is 5.82. The molecule has 5 nitrogen and oxygen atoms in total. The second kappa shape index (κ2) is 4.54. The van der Waals surface area contributed by atoms with Gasteiger partial charge in [0, 0.05) is 7.05 Å². The first kappa shape index (κ1) is 9.74. The highest BCUT2D eigenvalue weighted by Gasteiger charge is 2.15. The van der Waals surface area contributed by atoms with Crippen LogP contribution in [0.5, 0.6) is 0 Å². The molecule has 0 saturated heterocycles. The fourth-order valence-corrected chi connectivity index (χ4v) is 0.569. The fourth-order valence-electron chi connectivity index (χ4n) is 0.569. The van der Waals surface area contributed by atoms with Gasteiger partial charge in [-0.1, -0.05) is 6.92 Å². The van der Waals surface area contributed by atoms with E-state index < -0.39 is 18.0 Å². The molecule has 0 aliphatic heterocycles. The number of carbonyl (C=O) groups excluding carboxylic acids is 1. The monoisotopic (exact) mass is 160 g/mol. The molecule has 0 aliphatic rings. The average Bonchev–Trinajstić information content (AvgIpc) is 1.99. The molecule has 0 aromatic carbocycles. The van der Waals surface area contributed by atoms with E-state index in [-0.39, 0.29) is 0 Å². The van der Waals surface area contributed by atoms with Crippen LogP contribution in [0.15, 0.2) is 0 Å². The lowest BCUT2D eigenvalue weighted by atomic mass is 10.2. The van der Waals surface area contributed by atoms with Crippen LogP contribution in [-0.2, 0) is 4.79 Å². The van der Waals surface area contributed by atoms with E-state index in [0.717, 1.165) is 0 Å². The van der Waals surface area contributed by atoms with E-state index in [0.29, 0.717) is 6.42 Å². The molecule has 0 radical (unpaired) electrons. The number of carboxylic acid groups (broad SMARTS) is 1. The third kappa shape index (κ3) is 3.44. The Morgan fingerprint density at radius 3 is 2.36 bits per heavy atom. The maximum Gasteiger partial charge on any atom is 0.326 e. The third-order valence-corrected chi connectivity index (χ3v) is 1.24. The van der Waals surface area contributed by atoms with Crippen molar-refractivity contribution in [1.82, 2.24) is 10.6 Å². The summed E-state index contributed by atoms with van der Waals surface area (Å²) in [6, 6.07) is -1.27. The van der Waals surface area contributed by atoms with Crippen LogP contribution < -0.4 is 10.6 Å². The largest absolute Gasteiger partial charge is 0.480 e. The van der Waals surface area contributed by atoms with Crippen molar-refractivity contribution in [2.24, 2.45) is 0 Å². The molecule has 0 aliphatic carbocycles. The molecule has 5 heteroatoms. The number of carbonyl (C=O) groups is 2. The fraction of sp³-hybridized carbons (Fsp3) is 0.667. The maximum atomic E-state index is 10.6. The highest BCUT2D eigenvalue weighted by atomic mass is 16.4. The van der Waals surface area contributed by atoms with Gasteiger partial charge in [-0.3, -0.25) is 0 Å². The van der Waals surface area contributed by atoms with Crippen molar-refractivity contribution >= 4 is 12.0 Å². The molecule has 0 spiro atoms. The van der Waals surface area contributed by atoms with Gasteiger partial charge in [-0.25, -0.2) is 9.59 Å². The number of nitrogens with one attached hydrogen (secondary N) is 2. The number of hydrogen-bond acceptors (Lipinski definition) is 2. The van der Waals surface area contributed by atoms with E-state index in [2.05, 4.69) is 10.6 Å². The van der Waals surface area contributed by atoms with Gasteiger partial charge in [0.25, 0.3) is 0 Å². The van der Waals surface area contributed by atoms with Gasteiger partial charge >= 0.3 is 12.0 Å². The first-order valence-electron chi connectivity index (χ1n) is 3.32. The van der Waals surface area contributed by atoms with Gasteiger partial charge in [0.2, 0.25) is 0 Å². The second-order valence-electron chi connectivity index (χ2n) is 2.02. The molecular weight excluding hydrogens is 148 g/mol. The molecule has 0 fully saturated rings. The molecule has 0 bridgehead atoms. The van der Waals surface area contributed by atoms with E-state index >= 15 is 0 Å². The predicted octanol–water partition coefficient (Wildman–Crippen LogP) is -0.221. The standard InChI is InChI=1S/C6H12N2O3/c1-3-4(5(9)10)8-6(11)7-2/h4H,3H2,1-2H3,(H,9,10)(H2,7,8,11)/t4-/m0/s1. The van der Waals surface area contributed by atoms with Gasteiger partial charge in [0.1, 0.15) is 6.04 Å². The topological polar surface area (TPSA) is 78.4 Å². The van der Waals surface area contributed by atoms with Gasteiger partial charge in [0.05, 0.1) is 0 Å². The molecule has 2 amide bonds. The molecule has 0 heterocycles. The van der Waals surface area contributed by atoms with E-state index in [1.165, 1.54) is 7.05 Å². The minimum absolute atomic E-state index is 0.378. The van der Waals surface area contributed by atoms with Gasteiger partial charge in [0.15, 0.2) is 0 Å². The SMILES string of the molecule is CC[C@H](NC(=O)NC)C(=O)O. The first-order chi connectivity index (χ1) is 5.11. The van der Waals surface area contributed by atoms with E-state index in [4.69, 9.17) is 5.11 Å². The van der Waals surface area contributed by atoms with Gasteiger partial charge in [-0.05, 0) is 6.42 Å². The summed E-state index contributed by atoms with van der Waals surface area (Å²) in [6.45, 7) is 1.69. The highest BCUT2D eigenvalue weighted by Crippen LogP contribution is 1.89. The van der Waals surface area contributed by atoms with Crippen molar-refractivity contribution in [1.29, 1.82) is 0 Å². The number of hydrogen-bond donors (Lipinski definition) is 3. The normalized spacial score (nSPS) is 11.8. The Kier molecular flexibility index (Phi) is 4.02. The van der Waals surface area contributed by atoms with Crippen LogP contribution in [0.25, 0.3) is 0 Å². The Labute approximate surface area is 64.8 Å². The molecule has 0 aromatic heterocycles. The number of aliphatic carboxylic acids is 1. The van der Waals surface area contributed by atoms with Crippen LogP contribution in [0.1, 0.15) is 13.3 Å². The van der Waals surface area contributed by atoms with Crippen molar-refractivity contribution in [3.63, 3.8) is 0 Å². The van der Waals surface area contributed by atoms with Gasteiger partial charge in [-0.2, -0.15) is 0 Å². The summed E-state index contributed by atoms with van der Waals surface area (Å²) in [5.41, 5.74) is 0. The summed E-state index contributed by atoms with van der Waals surface area (Å²) < 4.78 is 0. The lowest BCUT2D eigenvalue weighted by Crippen LogP contribution is -2.44. The van der Waals surface area contributed by atoms with Crippen molar-refractivity contribution in [3.05, 3.63) is 0 Å². The number of rotatable bonds is 3. The zero-order chi connectivity index (χ0) is 8.85. The Balaban J connectivity index is 3.88. The molecular formula is C6H12N2O3. The van der Waals surface area contributed by atoms with Crippen LogP contribution in [0.2, 0.25) is 0 Å². The minimum atomic E-state index is -1.02. The Morgan fingerprint density at radius 2 is 2.09 bits per heavy atom. The summed E-state index contributed by atoms with van der Waals surface area (Å²) in [5, 5.41) is 13.0. The molecule has 64 valence electrons. The van der Waals surface area contributed by atoms with E-state index in [9.17, 15) is 9.59 Å². The van der Waals surface area contributed by atoms with Crippen LogP contribution in [0.4, 0.5) is 4.79 Å². The Morgan fingerprint density at radius 1 is 1.55 bits per heavy atom. The molecule has 1 atom stereocenters. The zero-order valence-electron chi connectivity index (χ0n) is 6.55. The van der Waals surface area contributed by atoms with Crippen LogP contribution in [0.3, 0.4) is 0 Å². The van der Waals surface area contributed by atoms with Crippen LogP contribution in [0, 0.1) is 0 Å². The predicted molar refractivity (Wildman–Crippen MR) is 39.3 cm³/mol. The van der Waals surface area contributed by atoms with Crippen molar-refractivity contribution in [2.75, 3.05) is 7.05 Å². The van der Waals surface area contributed by atoms with Crippen LogP contribution in [-0.4, -0.2) is 30.2 Å². The van der Waals surface area contributed by atoms with Gasteiger partial charge in [-0.15, -0.1) is 0 Å². The van der Waals surface area contributed by atoms with Crippen molar-refractivity contribution in [2.45, 2.75) is 19.4 Å². The molecule has 0 unspecified atom stereocenters. The average molecular weight is 160 g/mol. The van der Waals surface area contributed by atoms with E-state index in [1.54, 1.807) is 6.92 Å². The Bertz CT molecular complexity index is 158. The van der Waals surface area contributed by atoms with Gasteiger partial charge < -0.3 is 15.7 Å².